The van der Waals surface area contributed by atoms with Gasteiger partial charge < -0.3 is 10.0 Å². The van der Waals surface area contributed by atoms with E-state index in [0.29, 0.717) is 6.42 Å². The van der Waals surface area contributed by atoms with Gasteiger partial charge in [-0.25, -0.2) is 4.79 Å². The Morgan fingerprint density at radius 2 is 1.84 bits per heavy atom. The molecule has 0 aromatic heterocycles. The Morgan fingerprint density at radius 3 is 2.37 bits per heavy atom. The van der Waals surface area contributed by atoms with E-state index >= 15 is 0 Å². The Morgan fingerprint density at radius 1 is 1.26 bits per heavy atom. The van der Waals surface area contributed by atoms with E-state index in [1.807, 2.05) is 38.1 Å². The van der Waals surface area contributed by atoms with Crippen LogP contribution in [-0.4, -0.2) is 35.0 Å². The summed E-state index contributed by atoms with van der Waals surface area (Å²) in [5, 5.41) is 8.90. The lowest BCUT2D eigenvalue weighted by Crippen LogP contribution is -2.40. The van der Waals surface area contributed by atoms with E-state index in [-0.39, 0.29) is 11.8 Å². The van der Waals surface area contributed by atoms with Crippen LogP contribution in [0.25, 0.3) is 0 Å². The first kappa shape index (κ1) is 15.2. The molecule has 0 radical (unpaired) electrons. The molecule has 1 aromatic rings. The summed E-state index contributed by atoms with van der Waals surface area (Å²) in [4.78, 5) is 24.2. The van der Waals surface area contributed by atoms with Crippen molar-refractivity contribution in [2.24, 2.45) is 0 Å². The van der Waals surface area contributed by atoms with Crippen molar-refractivity contribution in [3.63, 3.8) is 0 Å². The van der Waals surface area contributed by atoms with Crippen LogP contribution in [0.1, 0.15) is 37.3 Å². The minimum absolute atomic E-state index is 0.0807. The monoisotopic (exact) mass is 263 g/mol. The summed E-state index contributed by atoms with van der Waals surface area (Å²) < 4.78 is 0. The molecule has 104 valence electrons. The molecule has 0 bridgehead atoms. The van der Waals surface area contributed by atoms with Crippen LogP contribution < -0.4 is 0 Å². The van der Waals surface area contributed by atoms with Crippen molar-refractivity contribution in [3.8, 4) is 0 Å². The molecule has 2 atom stereocenters. The molecule has 0 fully saturated rings. The first-order valence-electron chi connectivity index (χ1n) is 6.38. The number of nitrogens with zero attached hydrogens (tertiary/aromatic N) is 1. The van der Waals surface area contributed by atoms with Crippen molar-refractivity contribution in [1.82, 2.24) is 4.90 Å². The molecule has 4 heteroatoms. The Hall–Kier alpha value is -1.84. The van der Waals surface area contributed by atoms with E-state index in [9.17, 15) is 9.59 Å². The Labute approximate surface area is 114 Å². The van der Waals surface area contributed by atoms with Crippen molar-refractivity contribution in [3.05, 3.63) is 35.4 Å². The molecule has 1 rings (SSSR count). The summed E-state index contributed by atoms with van der Waals surface area (Å²) in [6.07, 6.45) is 0.318. The maximum absolute atomic E-state index is 12.0. The molecular weight excluding hydrogens is 242 g/mol. The number of carboxylic acid groups (broad SMARTS) is 1. The van der Waals surface area contributed by atoms with E-state index < -0.39 is 12.0 Å². The van der Waals surface area contributed by atoms with Gasteiger partial charge in [0.25, 0.3) is 0 Å². The van der Waals surface area contributed by atoms with Crippen LogP contribution in [0.3, 0.4) is 0 Å². The summed E-state index contributed by atoms with van der Waals surface area (Å²) in [5.41, 5.74) is 2.28. The normalized spacial score (nSPS) is 13.7. The number of amides is 1. The zero-order chi connectivity index (χ0) is 14.6. The van der Waals surface area contributed by atoms with Crippen LogP contribution >= 0.6 is 0 Å². The van der Waals surface area contributed by atoms with E-state index in [2.05, 4.69) is 0 Å². The first-order valence-corrected chi connectivity index (χ1v) is 6.38. The largest absolute Gasteiger partial charge is 0.480 e. The minimum atomic E-state index is -0.987. The third-order valence-electron chi connectivity index (χ3n) is 3.53. The highest BCUT2D eigenvalue weighted by Crippen LogP contribution is 2.23. The smallest absolute Gasteiger partial charge is 0.326 e. The highest BCUT2D eigenvalue weighted by atomic mass is 16.4. The van der Waals surface area contributed by atoms with Gasteiger partial charge in [0.2, 0.25) is 5.91 Å². The molecule has 0 spiro atoms. The van der Waals surface area contributed by atoms with Gasteiger partial charge in [0.05, 0.1) is 0 Å². The fourth-order valence-electron chi connectivity index (χ4n) is 2.04. The number of carbonyl (C=O) groups is 2. The molecule has 0 heterocycles. The van der Waals surface area contributed by atoms with Gasteiger partial charge in [0.15, 0.2) is 0 Å². The van der Waals surface area contributed by atoms with Crippen LogP contribution in [-0.2, 0) is 9.59 Å². The zero-order valence-electron chi connectivity index (χ0n) is 11.9. The Balaban J connectivity index is 2.72. The van der Waals surface area contributed by atoms with E-state index in [0.717, 1.165) is 11.1 Å². The molecule has 2 unspecified atom stereocenters. The van der Waals surface area contributed by atoms with E-state index in [1.54, 1.807) is 0 Å². The lowest BCUT2D eigenvalue weighted by molar-refractivity contribution is -0.148. The second-order valence-corrected chi connectivity index (χ2v) is 4.98. The number of carboxylic acids is 1. The van der Waals surface area contributed by atoms with Gasteiger partial charge in [0, 0.05) is 13.5 Å². The maximum Gasteiger partial charge on any atom is 0.326 e. The summed E-state index contributed by atoms with van der Waals surface area (Å²) in [6, 6.07) is 7.14. The average Bonchev–Trinajstić information content (AvgIpc) is 2.37. The van der Waals surface area contributed by atoms with Crippen LogP contribution in [0, 0.1) is 6.92 Å². The molecule has 19 heavy (non-hydrogen) atoms. The molecule has 0 aliphatic rings. The van der Waals surface area contributed by atoms with Gasteiger partial charge in [-0.3, -0.25) is 4.79 Å². The van der Waals surface area contributed by atoms with Crippen LogP contribution in [0.4, 0.5) is 0 Å². The second kappa shape index (κ2) is 6.36. The highest BCUT2D eigenvalue weighted by Gasteiger charge is 2.23. The van der Waals surface area contributed by atoms with Gasteiger partial charge in [-0.2, -0.15) is 0 Å². The fraction of sp³-hybridized carbons (Fsp3) is 0.467. The number of aliphatic carboxylic acids is 1. The van der Waals surface area contributed by atoms with Crippen molar-refractivity contribution in [2.75, 3.05) is 7.05 Å². The quantitative estimate of drug-likeness (QED) is 0.887. The second-order valence-electron chi connectivity index (χ2n) is 4.98. The predicted molar refractivity (Wildman–Crippen MR) is 74.1 cm³/mol. The zero-order valence-corrected chi connectivity index (χ0v) is 11.9. The number of benzene rings is 1. The van der Waals surface area contributed by atoms with Crippen molar-refractivity contribution >= 4 is 11.9 Å². The molecule has 0 saturated carbocycles. The number of aryl methyl sites for hydroxylation is 1. The Kier molecular flexibility index (Phi) is 5.10. The van der Waals surface area contributed by atoms with E-state index in [4.69, 9.17) is 5.11 Å². The van der Waals surface area contributed by atoms with Crippen LogP contribution in [0.2, 0.25) is 0 Å². The minimum Gasteiger partial charge on any atom is -0.480 e. The van der Waals surface area contributed by atoms with Crippen LogP contribution in [0.5, 0.6) is 0 Å². The molecule has 0 saturated heterocycles. The molecule has 0 aliphatic carbocycles. The molecule has 1 amide bonds. The van der Waals surface area contributed by atoms with E-state index in [1.165, 1.54) is 18.9 Å². The van der Waals surface area contributed by atoms with Gasteiger partial charge >= 0.3 is 5.97 Å². The topological polar surface area (TPSA) is 57.6 Å². The standard InChI is InChI=1S/C15H21NO3/c1-10-7-5-6-8-13(10)11(2)9-14(17)16(4)12(3)15(18)19/h5-8,11-12H,9H2,1-4H3,(H,18,19). The van der Waals surface area contributed by atoms with Gasteiger partial charge in [-0.1, -0.05) is 31.2 Å². The number of rotatable bonds is 5. The lowest BCUT2D eigenvalue weighted by Gasteiger charge is -2.23. The molecule has 1 N–H and O–H groups in total. The van der Waals surface area contributed by atoms with Gasteiger partial charge in [0.1, 0.15) is 6.04 Å². The van der Waals surface area contributed by atoms with Crippen molar-refractivity contribution in [2.45, 2.75) is 39.2 Å². The van der Waals surface area contributed by atoms with Crippen molar-refractivity contribution < 1.29 is 14.7 Å². The predicted octanol–water partition coefficient (Wildman–Crippen LogP) is 2.42. The first-order chi connectivity index (χ1) is 8.84. The third-order valence-corrected chi connectivity index (χ3v) is 3.53. The Bertz CT molecular complexity index is 470. The molecule has 4 nitrogen and oxygen atoms in total. The molecule has 1 aromatic carbocycles. The molecule has 0 aliphatic heterocycles. The highest BCUT2D eigenvalue weighted by molar-refractivity contribution is 5.83. The van der Waals surface area contributed by atoms with Crippen molar-refractivity contribution in [1.29, 1.82) is 0 Å². The average molecular weight is 263 g/mol. The third kappa shape index (κ3) is 3.81. The summed E-state index contributed by atoms with van der Waals surface area (Å²) in [6.45, 7) is 5.51. The maximum atomic E-state index is 12.0. The number of carbonyl (C=O) groups excluding carboxylic acids is 1. The lowest BCUT2D eigenvalue weighted by atomic mass is 9.93. The number of hydrogen-bond acceptors (Lipinski definition) is 2. The van der Waals surface area contributed by atoms with Gasteiger partial charge in [-0.05, 0) is 30.9 Å². The molecular formula is C15H21NO3. The SMILES string of the molecule is Cc1ccccc1C(C)CC(=O)N(C)C(C)C(=O)O. The van der Waals surface area contributed by atoms with Gasteiger partial charge in [-0.15, -0.1) is 0 Å². The summed E-state index contributed by atoms with van der Waals surface area (Å²) in [5.74, 6) is -1.05. The summed E-state index contributed by atoms with van der Waals surface area (Å²) >= 11 is 0. The number of hydrogen-bond donors (Lipinski definition) is 1. The summed E-state index contributed by atoms with van der Waals surface area (Å²) in [7, 11) is 1.53. The van der Waals surface area contributed by atoms with Crippen LogP contribution in [0.15, 0.2) is 24.3 Å². The fourth-order valence-corrected chi connectivity index (χ4v) is 2.04. The number of likely N-dealkylation sites (N-methyl/N-ethyl adjacent to an activating group) is 1.